The fourth-order valence-electron chi connectivity index (χ4n) is 9.62. The molecule has 0 bridgehead atoms. The Balaban J connectivity index is 1.11. The van der Waals surface area contributed by atoms with Gasteiger partial charge in [-0.25, -0.2) is 19.9 Å². The molecule has 0 fully saturated rings. The van der Waals surface area contributed by atoms with Crippen LogP contribution in [0.3, 0.4) is 0 Å². The van der Waals surface area contributed by atoms with Gasteiger partial charge in [0.15, 0.2) is 17.5 Å². The third-order valence-electron chi connectivity index (χ3n) is 12.1. The van der Waals surface area contributed by atoms with Crippen molar-refractivity contribution in [2.75, 3.05) is 0 Å². The zero-order valence-electron chi connectivity index (χ0n) is 32.2. The van der Waals surface area contributed by atoms with E-state index >= 15 is 0 Å². The highest BCUT2D eigenvalue weighted by atomic mass is 15.1. The third-order valence-corrected chi connectivity index (χ3v) is 12.1. The first-order valence-electron chi connectivity index (χ1n) is 20.2. The van der Waals surface area contributed by atoms with Crippen LogP contribution in [0.25, 0.3) is 122 Å². The van der Waals surface area contributed by atoms with Crippen LogP contribution in [0.15, 0.2) is 194 Å². The van der Waals surface area contributed by atoms with E-state index in [-0.39, 0.29) is 0 Å². The molecule has 0 saturated carbocycles. The van der Waals surface area contributed by atoms with Crippen molar-refractivity contribution < 1.29 is 0 Å². The Morgan fingerprint density at radius 2 is 0.900 bits per heavy atom. The van der Waals surface area contributed by atoms with Gasteiger partial charge < -0.3 is 4.57 Å². The summed E-state index contributed by atoms with van der Waals surface area (Å²) in [6, 6.07) is 66.5. The third kappa shape index (κ3) is 4.70. The SMILES string of the molecule is c1ccc(-c2nc(-c3ccccc3)nc(-c3ccc(-n4c5cccc6c5c5c(c7c8cccnc8n(-c8ccccc8)c7cc54)-c4cccc5cccc-6c45)cc3)n2)cc1. The van der Waals surface area contributed by atoms with Gasteiger partial charge in [-0.3, -0.25) is 4.57 Å². The molecule has 0 radical (unpaired) electrons. The molecule has 0 aliphatic heterocycles. The molecule has 4 aromatic heterocycles. The van der Waals surface area contributed by atoms with Crippen LogP contribution < -0.4 is 0 Å². The molecule has 13 rings (SSSR count). The fourth-order valence-corrected chi connectivity index (χ4v) is 9.62. The van der Waals surface area contributed by atoms with Gasteiger partial charge in [0.1, 0.15) is 5.65 Å². The van der Waals surface area contributed by atoms with Crippen molar-refractivity contribution >= 4 is 54.5 Å². The fraction of sp³-hybridized carbons (Fsp3) is 0. The van der Waals surface area contributed by atoms with Gasteiger partial charge in [-0.1, -0.05) is 127 Å². The lowest BCUT2D eigenvalue weighted by Crippen LogP contribution is -2.00. The number of fused-ring (bicyclic) bond motifs is 6. The van der Waals surface area contributed by atoms with Crippen molar-refractivity contribution in [3.8, 4) is 67.8 Å². The van der Waals surface area contributed by atoms with Crippen LogP contribution in [0.2, 0.25) is 0 Å². The minimum Gasteiger partial charge on any atom is -0.309 e. The predicted octanol–water partition coefficient (Wildman–Crippen LogP) is 13.3. The number of nitrogens with zero attached hydrogens (tertiary/aromatic N) is 6. The normalized spacial score (nSPS) is 12.0. The average molecular weight is 765 g/mol. The lowest BCUT2D eigenvalue weighted by atomic mass is 9.91. The molecule has 0 N–H and O–H groups in total. The summed E-state index contributed by atoms with van der Waals surface area (Å²) in [5.74, 6) is 1.91. The average Bonchev–Trinajstić information content (AvgIpc) is 3.79. The zero-order chi connectivity index (χ0) is 39.3. The maximum absolute atomic E-state index is 5.05. The molecule has 12 aromatic rings. The van der Waals surface area contributed by atoms with Crippen LogP contribution in [-0.4, -0.2) is 29.1 Å². The number of para-hydroxylation sites is 1. The molecular formula is C54H32N6. The number of pyridine rings is 1. The molecule has 4 heterocycles. The van der Waals surface area contributed by atoms with Gasteiger partial charge in [-0.05, 0) is 88.1 Å². The number of rotatable bonds is 5. The molecular weight excluding hydrogens is 733 g/mol. The van der Waals surface area contributed by atoms with Gasteiger partial charge in [0, 0.05) is 61.4 Å². The summed E-state index contributed by atoms with van der Waals surface area (Å²) in [5, 5.41) is 7.35. The van der Waals surface area contributed by atoms with Gasteiger partial charge in [-0.2, -0.15) is 0 Å². The smallest absolute Gasteiger partial charge is 0.164 e. The Kier molecular flexibility index (Phi) is 6.91. The summed E-state index contributed by atoms with van der Waals surface area (Å²) in [6.45, 7) is 0. The van der Waals surface area contributed by atoms with Gasteiger partial charge >= 0.3 is 0 Å². The molecule has 1 aliphatic carbocycles. The second-order valence-corrected chi connectivity index (χ2v) is 15.4. The van der Waals surface area contributed by atoms with Gasteiger partial charge in [0.25, 0.3) is 0 Å². The molecule has 6 nitrogen and oxygen atoms in total. The molecule has 1 aliphatic rings. The van der Waals surface area contributed by atoms with E-state index < -0.39 is 0 Å². The minimum absolute atomic E-state index is 0.627. The molecule has 60 heavy (non-hydrogen) atoms. The molecule has 0 amide bonds. The Morgan fingerprint density at radius 1 is 0.350 bits per heavy atom. The summed E-state index contributed by atoms with van der Waals surface area (Å²) >= 11 is 0. The molecule has 0 spiro atoms. The highest BCUT2D eigenvalue weighted by molar-refractivity contribution is 6.34. The van der Waals surface area contributed by atoms with Gasteiger partial charge in [-0.15, -0.1) is 0 Å². The quantitative estimate of drug-likeness (QED) is 0.175. The van der Waals surface area contributed by atoms with E-state index in [1.165, 1.54) is 49.2 Å². The molecule has 0 unspecified atom stereocenters. The monoisotopic (exact) mass is 764 g/mol. The van der Waals surface area contributed by atoms with E-state index in [1.807, 2.05) is 66.9 Å². The van der Waals surface area contributed by atoms with Crippen molar-refractivity contribution in [1.82, 2.24) is 29.1 Å². The van der Waals surface area contributed by atoms with E-state index in [9.17, 15) is 0 Å². The van der Waals surface area contributed by atoms with Crippen molar-refractivity contribution in [3.63, 3.8) is 0 Å². The topological polar surface area (TPSA) is 61.4 Å². The number of hydrogen-bond donors (Lipinski definition) is 0. The summed E-state index contributed by atoms with van der Waals surface area (Å²) in [4.78, 5) is 20.0. The first kappa shape index (κ1) is 32.8. The maximum atomic E-state index is 5.05. The number of hydrogen-bond acceptors (Lipinski definition) is 4. The number of benzene rings is 8. The highest BCUT2D eigenvalue weighted by Gasteiger charge is 2.29. The molecule has 0 atom stereocenters. The van der Waals surface area contributed by atoms with Crippen LogP contribution in [0.4, 0.5) is 0 Å². The van der Waals surface area contributed by atoms with Crippen LogP contribution in [-0.2, 0) is 0 Å². The van der Waals surface area contributed by atoms with E-state index in [1.54, 1.807) is 0 Å². The highest BCUT2D eigenvalue weighted by Crippen LogP contribution is 2.53. The van der Waals surface area contributed by atoms with E-state index in [0.29, 0.717) is 17.5 Å². The minimum atomic E-state index is 0.627. The first-order chi connectivity index (χ1) is 29.8. The van der Waals surface area contributed by atoms with Crippen molar-refractivity contribution in [2.24, 2.45) is 0 Å². The van der Waals surface area contributed by atoms with Crippen LogP contribution in [0.5, 0.6) is 0 Å². The Labute approximate surface area is 344 Å². The summed E-state index contributed by atoms with van der Waals surface area (Å²) in [5.41, 5.74) is 14.2. The van der Waals surface area contributed by atoms with Crippen LogP contribution >= 0.6 is 0 Å². The summed E-state index contributed by atoms with van der Waals surface area (Å²) in [7, 11) is 0. The van der Waals surface area contributed by atoms with Crippen LogP contribution in [0, 0.1) is 0 Å². The van der Waals surface area contributed by atoms with E-state index in [2.05, 4.69) is 137 Å². The Bertz CT molecular complexity index is 3620. The van der Waals surface area contributed by atoms with E-state index in [0.717, 1.165) is 55.6 Å². The maximum Gasteiger partial charge on any atom is 0.164 e. The van der Waals surface area contributed by atoms with Crippen molar-refractivity contribution in [1.29, 1.82) is 0 Å². The largest absolute Gasteiger partial charge is 0.309 e. The Morgan fingerprint density at radius 3 is 1.57 bits per heavy atom. The van der Waals surface area contributed by atoms with Crippen molar-refractivity contribution in [2.45, 2.75) is 0 Å². The lowest BCUT2D eigenvalue weighted by molar-refractivity contribution is 1.07. The number of aromatic nitrogens is 6. The summed E-state index contributed by atoms with van der Waals surface area (Å²) in [6.07, 6.45) is 1.90. The van der Waals surface area contributed by atoms with Gasteiger partial charge in [0.05, 0.1) is 16.6 Å². The molecule has 6 heteroatoms. The van der Waals surface area contributed by atoms with E-state index in [4.69, 9.17) is 19.9 Å². The zero-order valence-corrected chi connectivity index (χ0v) is 32.2. The molecule has 0 saturated heterocycles. The van der Waals surface area contributed by atoms with Crippen LogP contribution in [0.1, 0.15) is 0 Å². The van der Waals surface area contributed by atoms with Crippen molar-refractivity contribution in [3.05, 3.63) is 194 Å². The summed E-state index contributed by atoms with van der Waals surface area (Å²) < 4.78 is 4.77. The second-order valence-electron chi connectivity index (χ2n) is 15.4. The lowest BCUT2D eigenvalue weighted by Gasteiger charge is -2.15. The first-order valence-corrected chi connectivity index (χ1v) is 20.2. The standard InChI is InChI=1S/C54H32N6/c1-4-14-34(15-5-1)51-56-52(35-16-6-2-7-17-35)58-53(57-51)36-27-29-38(30-28-36)59-43-26-12-23-40-39-22-10-18-33-19-11-24-41(46(33)39)49-48-42-25-13-31-55-54(42)60(37-20-8-3-9-21-37)44(48)32-45(59)50(49)47(40)43/h1-32H. The molecule has 278 valence electrons. The molecule has 8 aromatic carbocycles. The van der Waals surface area contributed by atoms with Gasteiger partial charge in [0.2, 0.25) is 0 Å². The Hall–Kier alpha value is -8.22. The predicted molar refractivity (Wildman–Crippen MR) is 245 cm³/mol. The second kappa shape index (κ2) is 12.6.